The van der Waals surface area contributed by atoms with Crippen molar-refractivity contribution in [1.82, 2.24) is 18.9 Å². The van der Waals surface area contributed by atoms with E-state index in [-0.39, 0.29) is 5.88 Å². The molecule has 0 radical (unpaired) electrons. The molecule has 5 nitrogen and oxygen atoms in total. The fourth-order valence-corrected chi connectivity index (χ4v) is 1.19. The molecule has 0 aliphatic heterocycles. The second-order valence-electron chi connectivity index (χ2n) is 1.93. The average Bonchev–Trinajstić information content (AvgIpc) is 2.75. The Balaban J connectivity index is 2.35. The van der Waals surface area contributed by atoms with E-state index in [4.69, 9.17) is 16.0 Å². The first kappa shape index (κ1) is 7.63. The largest absolute Gasteiger partial charge is 0.418 e. The zero-order chi connectivity index (χ0) is 8.39. The Morgan fingerprint density at radius 1 is 1.50 bits per heavy atom. The summed E-state index contributed by atoms with van der Waals surface area (Å²) in [6.45, 7) is 0. The maximum atomic E-state index is 5.47. The van der Waals surface area contributed by atoms with Gasteiger partial charge in [0.15, 0.2) is 5.69 Å². The lowest BCUT2D eigenvalue weighted by molar-refractivity contribution is 0.526. The van der Waals surface area contributed by atoms with Crippen LogP contribution in [0.25, 0.3) is 11.6 Å². The van der Waals surface area contributed by atoms with Gasteiger partial charge in [0.25, 0.3) is 5.89 Å². The summed E-state index contributed by atoms with van der Waals surface area (Å²) in [5.74, 6) is 0.962. The van der Waals surface area contributed by atoms with Crippen molar-refractivity contribution in [2.24, 2.45) is 0 Å². The van der Waals surface area contributed by atoms with Crippen molar-refractivity contribution in [2.75, 3.05) is 0 Å². The third kappa shape index (κ3) is 1.30. The van der Waals surface area contributed by atoms with E-state index in [9.17, 15) is 0 Å². The summed E-state index contributed by atoms with van der Waals surface area (Å²) in [5, 5.41) is 7.41. The molecule has 2 rings (SSSR count). The number of hydrogen-bond acceptors (Lipinski definition) is 6. The van der Waals surface area contributed by atoms with Crippen molar-refractivity contribution < 1.29 is 4.42 Å². The molecule has 0 fully saturated rings. The normalized spacial score (nSPS) is 10.4. The first-order valence-corrected chi connectivity index (χ1v) is 4.33. The van der Waals surface area contributed by atoms with Gasteiger partial charge in [-0.1, -0.05) is 0 Å². The first-order chi connectivity index (χ1) is 5.90. The van der Waals surface area contributed by atoms with E-state index >= 15 is 0 Å². The minimum Gasteiger partial charge on any atom is -0.418 e. The molecule has 7 heteroatoms. The van der Waals surface area contributed by atoms with Crippen LogP contribution in [0, 0.1) is 0 Å². The zero-order valence-corrected chi connectivity index (χ0v) is 7.34. The van der Waals surface area contributed by atoms with Crippen LogP contribution in [-0.2, 0) is 5.88 Å². The third-order valence-electron chi connectivity index (χ3n) is 1.16. The van der Waals surface area contributed by atoms with E-state index in [1.54, 1.807) is 6.20 Å². The lowest BCUT2D eigenvalue weighted by atomic mass is 10.5. The van der Waals surface area contributed by atoms with Gasteiger partial charge in [-0.25, -0.2) is 0 Å². The minimum absolute atomic E-state index is 0.213. The van der Waals surface area contributed by atoms with Crippen LogP contribution in [0.5, 0.6) is 0 Å². The lowest BCUT2D eigenvalue weighted by Crippen LogP contribution is -1.75. The van der Waals surface area contributed by atoms with Crippen molar-refractivity contribution in [1.29, 1.82) is 0 Å². The molecule has 0 bridgehead atoms. The molecular formula is C5H3ClN4OS. The molecule has 0 aromatic carbocycles. The Hall–Kier alpha value is -1.01. The Morgan fingerprint density at radius 2 is 2.42 bits per heavy atom. The number of alkyl halides is 1. The van der Waals surface area contributed by atoms with Crippen LogP contribution in [0.4, 0.5) is 0 Å². The molecule has 0 unspecified atom stereocenters. The van der Waals surface area contributed by atoms with Gasteiger partial charge in [0.1, 0.15) is 5.88 Å². The van der Waals surface area contributed by atoms with Crippen LogP contribution < -0.4 is 0 Å². The molecule has 0 amide bonds. The smallest absolute Gasteiger partial charge is 0.269 e. The summed E-state index contributed by atoms with van der Waals surface area (Å²) < 4.78 is 12.9. The highest BCUT2D eigenvalue weighted by atomic mass is 35.5. The van der Waals surface area contributed by atoms with Crippen molar-refractivity contribution in [3.05, 3.63) is 12.1 Å². The lowest BCUT2D eigenvalue weighted by Gasteiger charge is -1.81. The van der Waals surface area contributed by atoms with Gasteiger partial charge >= 0.3 is 0 Å². The van der Waals surface area contributed by atoms with Crippen molar-refractivity contribution >= 4 is 23.3 Å². The topological polar surface area (TPSA) is 64.7 Å². The van der Waals surface area contributed by atoms with Crippen LogP contribution >= 0.6 is 23.3 Å². The SMILES string of the molecule is ClCc1nnc(-c2cnsn2)o1. The summed E-state index contributed by atoms with van der Waals surface area (Å²) in [6, 6.07) is 0. The Bertz CT molecular complexity index is 359. The van der Waals surface area contributed by atoms with Crippen molar-refractivity contribution in [3.63, 3.8) is 0 Å². The van der Waals surface area contributed by atoms with E-state index in [2.05, 4.69) is 18.9 Å². The van der Waals surface area contributed by atoms with E-state index in [0.29, 0.717) is 17.5 Å². The highest BCUT2D eigenvalue weighted by Crippen LogP contribution is 2.15. The predicted molar refractivity (Wildman–Crippen MR) is 42.8 cm³/mol. The van der Waals surface area contributed by atoms with Crippen LogP contribution in [0.15, 0.2) is 10.6 Å². The fraction of sp³-hybridized carbons (Fsp3) is 0.200. The molecule has 0 aliphatic rings. The van der Waals surface area contributed by atoms with Crippen molar-refractivity contribution in [3.8, 4) is 11.6 Å². The Morgan fingerprint density at radius 3 is 3.00 bits per heavy atom. The minimum atomic E-state index is 0.213. The molecule has 2 aromatic rings. The highest BCUT2D eigenvalue weighted by Gasteiger charge is 2.09. The Kier molecular flexibility index (Phi) is 2.01. The van der Waals surface area contributed by atoms with Crippen LogP contribution in [0.2, 0.25) is 0 Å². The molecule has 0 saturated carbocycles. The molecule has 0 aliphatic carbocycles. The average molecular weight is 203 g/mol. The van der Waals surface area contributed by atoms with Crippen LogP contribution in [0.3, 0.4) is 0 Å². The molecule has 0 saturated heterocycles. The first-order valence-electron chi connectivity index (χ1n) is 3.06. The fourth-order valence-electron chi connectivity index (χ4n) is 0.670. The monoisotopic (exact) mass is 202 g/mol. The van der Waals surface area contributed by atoms with Crippen LogP contribution in [0.1, 0.15) is 5.89 Å². The van der Waals surface area contributed by atoms with Gasteiger partial charge in [-0.15, -0.1) is 21.8 Å². The standard InChI is InChI=1S/C5H3ClN4OS/c6-1-4-8-9-5(11-4)3-2-7-12-10-3/h2H,1H2. The van der Waals surface area contributed by atoms with Crippen LogP contribution in [-0.4, -0.2) is 18.9 Å². The van der Waals surface area contributed by atoms with E-state index < -0.39 is 0 Å². The molecule has 62 valence electrons. The van der Waals surface area contributed by atoms with E-state index in [1.165, 1.54) is 0 Å². The number of rotatable bonds is 2. The maximum absolute atomic E-state index is 5.47. The third-order valence-corrected chi connectivity index (χ3v) is 1.87. The summed E-state index contributed by atoms with van der Waals surface area (Å²) >= 11 is 6.56. The molecule has 2 aromatic heterocycles. The number of aromatic nitrogens is 4. The second-order valence-corrected chi connectivity index (χ2v) is 2.75. The van der Waals surface area contributed by atoms with Gasteiger partial charge in [-0.2, -0.15) is 8.75 Å². The Labute approximate surface area is 76.7 Å². The maximum Gasteiger partial charge on any atom is 0.269 e. The molecule has 0 spiro atoms. The van der Waals surface area contributed by atoms with Gasteiger partial charge in [0, 0.05) is 0 Å². The number of hydrogen-bond donors (Lipinski definition) is 0. The molecular weight excluding hydrogens is 200 g/mol. The summed E-state index contributed by atoms with van der Waals surface area (Å²) in [7, 11) is 0. The van der Waals surface area contributed by atoms with Crippen molar-refractivity contribution in [2.45, 2.75) is 5.88 Å². The molecule has 0 atom stereocenters. The summed E-state index contributed by atoms with van der Waals surface area (Å²) in [6.07, 6.45) is 1.57. The summed E-state index contributed by atoms with van der Waals surface area (Å²) in [5.41, 5.74) is 0.587. The molecule has 12 heavy (non-hydrogen) atoms. The van der Waals surface area contributed by atoms with Gasteiger partial charge in [0.2, 0.25) is 5.89 Å². The molecule has 2 heterocycles. The number of halogens is 1. The predicted octanol–water partition coefficient (Wildman–Crippen LogP) is 1.33. The summed E-state index contributed by atoms with van der Waals surface area (Å²) in [4.78, 5) is 0. The van der Waals surface area contributed by atoms with Gasteiger partial charge in [-0.3, -0.25) is 0 Å². The van der Waals surface area contributed by atoms with Gasteiger partial charge in [-0.05, 0) is 0 Å². The molecule has 0 N–H and O–H groups in total. The van der Waals surface area contributed by atoms with E-state index in [1.807, 2.05) is 0 Å². The second kappa shape index (κ2) is 3.16. The quantitative estimate of drug-likeness (QED) is 0.688. The highest BCUT2D eigenvalue weighted by molar-refractivity contribution is 6.99. The zero-order valence-electron chi connectivity index (χ0n) is 5.77. The van der Waals surface area contributed by atoms with Gasteiger partial charge in [0.05, 0.1) is 17.9 Å². The van der Waals surface area contributed by atoms with Gasteiger partial charge < -0.3 is 4.42 Å². The van der Waals surface area contributed by atoms with E-state index in [0.717, 1.165) is 11.7 Å². The number of nitrogens with zero attached hydrogens (tertiary/aromatic N) is 4.